The summed E-state index contributed by atoms with van der Waals surface area (Å²) in [5, 5.41) is 17.0. The van der Waals surface area contributed by atoms with E-state index < -0.39 is 11.9 Å². The van der Waals surface area contributed by atoms with Gasteiger partial charge in [0.05, 0.1) is 0 Å². The van der Waals surface area contributed by atoms with Gasteiger partial charge in [-0.1, -0.05) is 37.5 Å². The van der Waals surface area contributed by atoms with Gasteiger partial charge >= 0.3 is 11.9 Å². The number of carbonyl (C=O) groups excluding carboxylic acids is 1. The van der Waals surface area contributed by atoms with Crippen LogP contribution in [0.4, 0.5) is 0 Å². The number of rotatable bonds is 15. The van der Waals surface area contributed by atoms with Gasteiger partial charge in [-0.05, 0) is 38.2 Å². The lowest BCUT2D eigenvalue weighted by molar-refractivity contribution is -0.138. The minimum atomic E-state index is -0.821. The highest BCUT2D eigenvalue weighted by atomic mass is 16.4. The molecule has 0 aliphatic rings. The average molecular weight is 324 g/mol. The molecule has 0 aromatic rings. The van der Waals surface area contributed by atoms with Gasteiger partial charge < -0.3 is 10.2 Å². The molecule has 0 saturated carbocycles. The normalized spacial score (nSPS) is 11.3. The van der Waals surface area contributed by atoms with E-state index in [1.54, 1.807) is 6.08 Å². The summed E-state index contributed by atoms with van der Waals surface area (Å²) in [6, 6.07) is 0. The van der Waals surface area contributed by atoms with Crippen LogP contribution in [0.2, 0.25) is 0 Å². The summed E-state index contributed by atoms with van der Waals surface area (Å²) in [5.74, 6) is -1.52. The molecule has 0 radical (unpaired) electrons. The van der Waals surface area contributed by atoms with Crippen LogP contribution < -0.4 is 0 Å². The summed E-state index contributed by atoms with van der Waals surface area (Å²) >= 11 is 0. The van der Waals surface area contributed by atoms with Crippen LogP contribution in [0.15, 0.2) is 24.3 Å². The van der Waals surface area contributed by atoms with E-state index >= 15 is 0 Å². The van der Waals surface area contributed by atoms with Gasteiger partial charge in [-0.25, -0.2) is 0 Å². The maximum absolute atomic E-state index is 11.5. The van der Waals surface area contributed by atoms with Crippen LogP contribution in [0.3, 0.4) is 0 Å². The highest BCUT2D eigenvalue weighted by Crippen LogP contribution is 2.07. The highest BCUT2D eigenvalue weighted by Gasteiger charge is 1.99. The Hall–Kier alpha value is -1.91. The number of hydrogen-bond donors (Lipinski definition) is 2. The van der Waals surface area contributed by atoms with E-state index in [4.69, 9.17) is 10.2 Å². The average Bonchev–Trinajstić information content (AvgIpc) is 2.48. The van der Waals surface area contributed by atoms with Crippen molar-refractivity contribution in [3.63, 3.8) is 0 Å². The fraction of sp³-hybridized carbons (Fsp3) is 0.611. The minimum Gasteiger partial charge on any atom is -0.481 e. The molecule has 0 heterocycles. The zero-order valence-electron chi connectivity index (χ0n) is 13.7. The van der Waals surface area contributed by atoms with Crippen molar-refractivity contribution in [2.75, 3.05) is 0 Å². The molecular formula is C18H28O5. The van der Waals surface area contributed by atoms with E-state index in [1.165, 1.54) is 6.08 Å². The fourth-order valence-corrected chi connectivity index (χ4v) is 2.07. The van der Waals surface area contributed by atoms with Crippen molar-refractivity contribution >= 4 is 17.7 Å². The van der Waals surface area contributed by atoms with Crippen molar-refractivity contribution in [1.29, 1.82) is 0 Å². The van der Waals surface area contributed by atoms with Crippen molar-refractivity contribution in [2.45, 2.75) is 70.6 Å². The SMILES string of the molecule is O=C(O)CCCCCCCC=C/C=C/C(=O)CCCCC(=O)O. The van der Waals surface area contributed by atoms with Crippen molar-refractivity contribution < 1.29 is 24.6 Å². The molecule has 0 aliphatic carbocycles. The van der Waals surface area contributed by atoms with Gasteiger partial charge in [-0.15, -0.1) is 0 Å². The van der Waals surface area contributed by atoms with Crippen LogP contribution in [0, 0.1) is 0 Å². The standard InChI is InChI=1S/C18H28O5/c19-16(13-10-11-15-18(22)23)12-8-6-4-2-1-3-5-7-9-14-17(20)21/h4,6,8,12H,1-3,5,7,9-11,13-15H2,(H,20,21)(H,22,23)/b6-4?,12-8+. The molecule has 0 aromatic heterocycles. The second-order valence-electron chi connectivity index (χ2n) is 5.55. The van der Waals surface area contributed by atoms with Gasteiger partial charge in [0.25, 0.3) is 0 Å². The van der Waals surface area contributed by atoms with Gasteiger partial charge in [0.1, 0.15) is 0 Å². The van der Waals surface area contributed by atoms with Gasteiger partial charge in [0.15, 0.2) is 5.78 Å². The fourth-order valence-electron chi connectivity index (χ4n) is 2.07. The molecule has 2 N–H and O–H groups in total. The van der Waals surface area contributed by atoms with Gasteiger partial charge in [-0.2, -0.15) is 0 Å². The number of ketones is 1. The first-order valence-electron chi connectivity index (χ1n) is 8.32. The van der Waals surface area contributed by atoms with Crippen LogP contribution >= 0.6 is 0 Å². The lowest BCUT2D eigenvalue weighted by Crippen LogP contribution is -1.96. The minimum absolute atomic E-state index is 0.0264. The van der Waals surface area contributed by atoms with Crippen molar-refractivity contribution in [2.24, 2.45) is 0 Å². The van der Waals surface area contributed by atoms with Gasteiger partial charge in [0, 0.05) is 19.3 Å². The molecular weight excluding hydrogens is 296 g/mol. The molecule has 5 nitrogen and oxygen atoms in total. The van der Waals surface area contributed by atoms with Gasteiger partial charge in [0.2, 0.25) is 0 Å². The Morgan fingerprint density at radius 1 is 0.652 bits per heavy atom. The second-order valence-corrected chi connectivity index (χ2v) is 5.55. The smallest absolute Gasteiger partial charge is 0.303 e. The topological polar surface area (TPSA) is 91.7 Å². The Labute approximate surface area is 138 Å². The van der Waals surface area contributed by atoms with E-state index in [2.05, 4.69) is 0 Å². The maximum atomic E-state index is 11.5. The molecule has 0 bridgehead atoms. The molecule has 0 atom stereocenters. The monoisotopic (exact) mass is 324 g/mol. The zero-order valence-corrected chi connectivity index (χ0v) is 13.7. The summed E-state index contributed by atoms with van der Waals surface area (Å²) in [7, 11) is 0. The zero-order chi connectivity index (χ0) is 17.3. The maximum Gasteiger partial charge on any atom is 0.303 e. The van der Waals surface area contributed by atoms with E-state index in [0.717, 1.165) is 38.5 Å². The number of allylic oxidation sites excluding steroid dienone is 4. The molecule has 0 amide bonds. The molecule has 5 heteroatoms. The third-order valence-corrected chi connectivity index (χ3v) is 3.35. The molecule has 0 aliphatic heterocycles. The lowest BCUT2D eigenvalue weighted by Gasteiger charge is -1.97. The van der Waals surface area contributed by atoms with Crippen LogP contribution in [-0.4, -0.2) is 27.9 Å². The molecule has 0 saturated heterocycles. The molecule has 0 aromatic carbocycles. The molecule has 23 heavy (non-hydrogen) atoms. The summed E-state index contributed by atoms with van der Waals surface area (Å²) in [6.45, 7) is 0. The van der Waals surface area contributed by atoms with Crippen LogP contribution in [0.25, 0.3) is 0 Å². The number of unbranched alkanes of at least 4 members (excludes halogenated alkanes) is 6. The number of carboxylic acids is 2. The van der Waals surface area contributed by atoms with Crippen molar-refractivity contribution in [3.8, 4) is 0 Å². The molecule has 130 valence electrons. The highest BCUT2D eigenvalue weighted by molar-refractivity contribution is 5.89. The van der Waals surface area contributed by atoms with Gasteiger partial charge in [-0.3, -0.25) is 14.4 Å². The number of carbonyl (C=O) groups is 3. The molecule has 0 spiro atoms. The predicted molar refractivity (Wildman–Crippen MR) is 89.3 cm³/mol. The first-order valence-corrected chi connectivity index (χ1v) is 8.32. The second kappa shape index (κ2) is 15.0. The lowest BCUT2D eigenvalue weighted by atomic mass is 10.1. The molecule has 0 fully saturated rings. The molecule has 0 unspecified atom stereocenters. The third kappa shape index (κ3) is 18.0. The Bertz CT molecular complexity index is 410. The molecule has 0 rings (SSSR count). The van der Waals surface area contributed by atoms with E-state index in [0.29, 0.717) is 19.3 Å². The summed E-state index contributed by atoms with van der Waals surface area (Å²) in [6.07, 6.45) is 15.0. The quantitative estimate of drug-likeness (QED) is 0.268. The number of hydrogen-bond acceptors (Lipinski definition) is 3. The summed E-state index contributed by atoms with van der Waals surface area (Å²) in [4.78, 5) is 32.1. The van der Waals surface area contributed by atoms with Crippen LogP contribution in [-0.2, 0) is 14.4 Å². The number of aliphatic carboxylic acids is 2. The predicted octanol–water partition coefficient (Wildman–Crippen LogP) is 4.13. The Morgan fingerprint density at radius 2 is 1.17 bits per heavy atom. The Kier molecular flexibility index (Phi) is 13.8. The van der Waals surface area contributed by atoms with Crippen molar-refractivity contribution in [1.82, 2.24) is 0 Å². The Morgan fingerprint density at radius 3 is 1.83 bits per heavy atom. The first-order chi connectivity index (χ1) is 11.0. The van der Waals surface area contributed by atoms with Crippen LogP contribution in [0.5, 0.6) is 0 Å². The van der Waals surface area contributed by atoms with Crippen molar-refractivity contribution in [3.05, 3.63) is 24.3 Å². The van der Waals surface area contributed by atoms with E-state index in [1.807, 2.05) is 12.2 Å². The number of carboxylic acid groups (broad SMARTS) is 2. The largest absolute Gasteiger partial charge is 0.481 e. The van der Waals surface area contributed by atoms with Crippen LogP contribution in [0.1, 0.15) is 70.6 Å². The van der Waals surface area contributed by atoms with E-state index in [9.17, 15) is 14.4 Å². The van der Waals surface area contributed by atoms with E-state index in [-0.39, 0.29) is 18.6 Å². The third-order valence-electron chi connectivity index (χ3n) is 3.35. The summed E-state index contributed by atoms with van der Waals surface area (Å²) in [5.41, 5.74) is 0. The summed E-state index contributed by atoms with van der Waals surface area (Å²) < 4.78 is 0. The Balaban J connectivity index is 3.45. The first kappa shape index (κ1) is 21.1.